The van der Waals surface area contributed by atoms with Crippen LogP contribution >= 0.6 is 0 Å². The van der Waals surface area contributed by atoms with Gasteiger partial charge in [0.2, 0.25) is 0 Å². The van der Waals surface area contributed by atoms with E-state index in [0.29, 0.717) is 17.5 Å². The standard InChI is InChI=1S/C17H27N3O4S/c1-12-7-13(2)10-19(9-12)11-14(3)18-16-6-5-15(25(4,23)24)8-17(16)20(21)22/h5-6,8,12-14,18H,7,9-11H2,1-4H3. The number of hydrogen-bond donors (Lipinski definition) is 1. The Morgan fingerprint density at radius 1 is 1.32 bits per heavy atom. The molecule has 25 heavy (non-hydrogen) atoms. The molecule has 0 aliphatic carbocycles. The predicted molar refractivity (Wildman–Crippen MR) is 98.7 cm³/mol. The van der Waals surface area contributed by atoms with E-state index >= 15 is 0 Å². The molecule has 0 bridgehead atoms. The highest BCUT2D eigenvalue weighted by Crippen LogP contribution is 2.28. The second-order valence-electron chi connectivity index (χ2n) is 7.42. The molecule has 0 aromatic heterocycles. The summed E-state index contributed by atoms with van der Waals surface area (Å²) < 4.78 is 23.2. The lowest BCUT2D eigenvalue weighted by Gasteiger charge is -2.36. The van der Waals surface area contributed by atoms with E-state index in [4.69, 9.17) is 0 Å². The summed E-state index contributed by atoms with van der Waals surface area (Å²) in [5.41, 5.74) is 0.137. The number of likely N-dealkylation sites (tertiary alicyclic amines) is 1. The van der Waals surface area contributed by atoms with E-state index in [9.17, 15) is 18.5 Å². The van der Waals surface area contributed by atoms with Gasteiger partial charge in [-0.25, -0.2) is 8.42 Å². The molecule has 0 spiro atoms. The number of sulfone groups is 1. The zero-order valence-corrected chi connectivity index (χ0v) is 16.0. The lowest BCUT2D eigenvalue weighted by Crippen LogP contribution is -2.43. The van der Waals surface area contributed by atoms with Crippen molar-refractivity contribution in [1.82, 2.24) is 4.90 Å². The number of hydrogen-bond acceptors (Lipinski definition) is 6. The van der Waals surface area contributed by atoms with Gasteiger partial charge >= 0.3 is 0 Å². The van der Waals surface area contributed by atoms with Gasteiger partial charge in [-0.1, -0.05) is 13.8 Å². The van der Waals surface area contributed by atoms with Gasteiger partial charge in [0, 0.05) is 38.0 Å². The summed E-state index contributed by atoms with van der Waals surface area (Å²) in [5, 5.41) is 14.5. The first-order chi connectivity index (χ1) is 11.6. The first-order valence-electron chi connectivity index (χ1n) is 8.53. The molecule has 1 fully saturated rings. The van der Waals surface area contributed by atoms with Gasteiger partial charge in [-0.05, 0) is 37.3 Å². The van der Waals surface area contributed by atoms with Crippen molar-refractivity contribution in [2.24, 2.45) is 11.8 Å². The summed E-state index contributed by atoms with van der Waals surface area (Å²) in [6, 6.07) is 4.02. The molecule has 1 saturated heterocycles. The molecule has 0 amide bonds. The van der Waals surface area contributed by atoms with Crippen LogP contribution in [0.1, 0.15) is 27.2 Å². The maximum Gasteiger partial charge on any atom is 0.293 e. The largest absolute Gasteiger partial charge is 0.376 e. The molecule has 3 atom stereocenters. The SMILES string of the molecule is CC1CC(C)CN(CC(C)Nc2ccc(S(C)(=O)=O)cc2[N+](=O)[O-])C1. The van der Waals surface area contributed by atoms with Crippen LogP contribution < -0.4 is 5.32 Å². The smallest absolute Gasteiger partial charge is 0.293 e. The quantitative estimate of drug-likeness (QED) is 0.612. The van der Waals surface area contributed by atoms with Crippen LogP contribution in [0.5, 0.6) is 0 Å². The van der Waals surface area contributed by atoms with E-state index in [1.165, 1.54) is 18.6 Å². The average Bonchev–Trinajstić information content (AvgIpc) is 2.44. The summed E-state index contributed by atoms with van der Waals surface area (Å²) in [6.45, 7) is 9.33. The predicted octanol–water partition coefficient (Wildman–Crippen LogP) is 2.78. The van der Waals surface area contributed by atoms with Crippen molar-refractivity contribution in [1.29, 1.82) is 0 Å². The molecule has 1 aromatic carbocycles. The summed E-state index contributed by atoms with van der Waals surface area (Å²) in [6.07, 6.45) is 2.28. The Bertz CT molecular complexity index is 725. The Hall–Kier alpha value is -1.67. The Morgan fingerprint density at radius 3 is 2.44 bits per heavy atom. The summed E-state index contributed by atoms with van der Waals surface area (Å²) in [7, 11) is -3.48. The molecule has 8 heteroatoms. The Labute approximate surface area is 149 Å². The monoisotopic (exact) mass is 369 g/mol. The molecule has 0 radical (unpaired) electrons. The fourth-order valence-corrected chi connectivity index (χ4v) is 4.30. The van der Waals surface area contributed by atoms with Crippen LogP contribution in [0.3, 0.4) is 0 Å². The molecule has 3 unspecified atom stereocenters. The molecule has 1 aliphatic heterocycles. The van der Waals surface area contributed by atoms with E-state index in [0.717, 1.165) is 32.0 Å². The summed E-state index contributed by atoms with van der Waals surface area (Å²) in [4.78, 5) is 13.1. The molecule has 0 saturated carbocycles. The Morgan fingerprint density at radius 2 is 1.92 bits per heavy atom. The van der Waals surface area contributed by atoms with Crippen LogP contribution in [-0.2, 0) is 9.84 Å². The van der Waals surface area contributed by atoms with Gasteiger partial charge in [0.1, 0.15) is 5.69 Å². The third-order valence-corrected chi connectivity index (χ3v) is 5.58. The number of nitro benzene ring substituents is 1. The summed E-state index contributed by atoms with van der Waals surface area (Å²) >= 11 is 0. The van der Waals surface area contributed by atoms with E-state index in [1.54, 1.807) is 0 Å². The minimum absolute atomic E-state index is 0.0142. The topological polar surface area (TPSA) is 92.6 Å². The molecule has 1 heterocycles. The first kappa shape index (κ1) is 19.7. The third kappa shape index (κ3) is 5.40. The van der Waals surface area contributed by atoms with Crippen LogP contribution in [0.25, 0.3) is 0 Å². The lowest BCUT2D eigenvalue weighted by molar-refractivity contribution is -0.384. The third-order valence-electron chi connectivity index (χ3n) is 4.47. The average molecular weight is 369 g/mol. The van der Waals surface area contributed by atoms with Crippen LogP contribution in [0.15, 0.2) is 23.1 Å². The van der Waals surface area contributed by atoms with E-state index in [2.05, 4.69) is 24.1 Å². The highest BCUT2D eigenvalue weighted by molar-refractivity contribution is 7.90. The van der Waals surface area contributed by atoms with Gasteiger partial charge in [-0.2, -0.15) is 0 Å². The fraction of sp³-hybridized carbons (Fsp3) is 0.647. The van der Waals surface area contributed by atoms with Crippen molar-refractivity contribution in [2.45, 2.75) is 38.1 Å². The Balaban J connectivity index is 2.12. The lowest BCUT2D eigenvalue weighted by atomic mass is 9.92. The number of nitrogens with zero attached hydrogens (tertiary/aromatic N) is 2. The molecule has 1 aliphatic rings. The van der Waals surface area contributed by atoms with Crippen molar-refractivity contribution < 1.29 is 13.3 Å². The normalized spacial score (nSPS) is 23.2. The van der Waals surface area contributed by atoms with Gasteiger partial charge < -0.3 is 10.2 Å². The van der Waals surface area contributed by atoms with Crippen molar-refractivity contribution in [3.05, 3.63) is 28.3 Å². The van der Waals surface area contributed by atoms with Crippen molar-refractivity contribution >= 4 is 21.2 Å². The second-order valence-corrected chi connectivity index (χ2v) is 9.43. The number of rotatable bonds is 6. The van der Waals surface area contributed by atoms with E-state index in [-0.39, 0.29) is 16.6 Å². The van der Waals surface area contributed by atoms with Gasteiger partial charge in [-0.15, -0.1) is 0 Å². The number of nitrogens with one attached hydrogen (secondary N) is 1. The van der Waals surface area contributed by atoms with Gasteiger partial charge in [0.05, 0.1) is 9.82 Å². The minimum atomic E-state index is -3.48. The van der Waals surface area contributed by atoms with Crippen LogP contribution in [0.2, 0.25) is 0 Å². The number of nitro groups is 1. The van der Waals surface area contributed by atoms with Crippen LogP contribution in [0, 0.1) is 22.0 Å². The molecular formula is C17H27N3O4S. The highest BCUT2D eigenvalue weighted by atomic mass is 32.2. The van der Waals surface area contributed by atoms with Gasteiger partial charge in [-0.3, -0.25) is 10.1 Å². The zero-order valence-electron chi connectivity index (χ0n) is 15.2. The van der Waals surface area contributed by atoms with Gasteiger partial charge in [0.15, 0.2) is 9.84 Å². The minimum Gasteiger partial charge on any atom is -0.376 e. The second kappa shape index (κ2) is 7.70. The maximum atomic E-state index is 11.6. The van der Waals surface area contributed by atoms with Crippen LogP contribution in [-0.4, -0.2) is 50.2 Å². The van der Waals surface area contributed by atoms with E-state index in [1.807, 2.05) is 6.92 Å². The molecule has 7 nitrogen and oxygen atoms in total. The van der Waals surface area contributed by atoms with Crippen molar-refractivity contribution in [3.63, 3.8) is 0 Å². The van der Waals surface area contributed by atoms with Crippen molar-refractivity contribution in [2.75, 3.05) is 31.2 Å². The molecule has 1 aromatic rings. The first-order valence-corrected chi connectivity index (χ1v) is 10.4. The number of anilines is 1. The molecule has 1 N–H and O–H groups in total. The molecule has 2 rings (SSSR count). The van der Waals surface area contributed by atoms with E-state index < -0.39 is 14.8 Å². The molecular weight excluding hydrogens is 342 g/mol. The van der Waals surface area contributed by atoms with Gasteiger partial charge in [0.25, 0.3) is 5.69 Å². The number of piperidine rings is 1. The fourth-order valence-electron chi connectivity index (χ4n) is 3.65. The summed E-state index contributed by atoms with van der Waals surface area (Å²) in [5.74, 6) is 1.30. The highest BCUT2D eigenvalue weighted by Gasteiger charge is 2.24. The maximum absolute atomic E-state index is 11.6. The zero-order chi connectivity index (χ0) is 18.8. The van der Waals surface area contributed by atoms with Crippen molar-refractivity contribution in [3.8, 4) is 0 Å². The molecule has 140 valence electrons. The van der Waals surface area contributed by atoms with Crippen LogP contribution in [0.4, 0.5) is 11.4 Å². The number of benzene rings is 1. The Kier molecular flexibility index (Phi) is 6.05.